The summed E-state index contributed by atoms with van der Waals surface area (Å²) in [6.07, 6.45) is 14.0. The fourth-order valence-corrected chi connectivity index (χ4v) is 18.3. The Morgan fingerprint density at radius 3 is 2.20 bits per heavy atom. The summed E-state index contributed by atoms with van der Waals surface area (Å²) in [7, 11) is -6.21. The van der Waals surface area contributed by atoms with Gasteiger partial charge in [0, 0.05) is 39.0 Å². The van der Waals surface area contributed by atoms with Gasteiger partial charge < -0.3 is 14.9 Å². The van der Waals surface area contributed by atoms with E-state index in [9.17, 15) is 37.0 Å². The maximum absolute atomic E-state index is 14.4. The number of benzene rings is 1. The lowest BCUT2D eigenvalue weighted by Crippen LogP contribution is -2.66. The van der Waals surface area contributed by atoms with Crippen LogP contribution in [0.3, 0.4) is 0 Å². The van der Waals surface area contributed by atoms with Crippen LogP contribution in [-0.2, 0) is 19.6 Å². The van der Waals surface area contributed by atoms with Crippen molar-refractivity contribution in [1.29, 1.82) is 0 Å². The number of hydrogen-bond donors (Lipinski definition) is 4. The van der Waals surface area contributed by atoms with Gasteiger partial charge in [0.2, 0.25) is 21.8 Å². The molecule has 64 heavy (non-hydrogen) atoms. The lowest BCUT2D eigenvalue weighted by Gasteiger charge is -2.72. The molecule has 1 aromatic rings. The number of nitrogens with one attached hydrogen (secondary N) is 1. The number of sulfonamides is 1. The van der Waals surface area contributed by atoms with Crippen LogP contribution in [0, 0.1) is 56.7 Å². The second-order valence-electron chi connectivity index (χ2n) is 23.0. The highest BCUT2D eigenvalue weighted by Crippen LogP contribution is 2.78. The van der Waals surface area contributed by atoms with Gasteiger partial charge >= 0.3 is 5.97 Å². The van der Waals surface area contributed by atoms with Crippen molar-refractivity contribution < 1.29 is 37.0 Å². The molecule has 13 heteroatoms. The van der Waals surface area contributed by atoms with Crippen LogP contribution in [0.25, 0.3) is 5.57 Å². The Hall–Kier alpha value is -2.71. The molecule has 6 fully saturated rings. The molecule has 5 saturated carbocycles. The number of carbonyl (C=O) groups is 3. The molecule has 7 aliphatic rings. The van der Waals surface area contributed by atoms with Crippen LogP contribution < -0.4 is 4.72 Å². The van der Waals surface area contributed by atoms with Crippen molar-refractivity contribution >= 4 is 44.0 Å². The largest absolute Gasteiger partial charge is 0.478 e. The first-order chi connectivity index (χ1) is 30.0. The molecular formula is C51H77N3O8S2. The van der Waals surface area contributed by atoms with Crippen LogP contribution in [0.1, 0.15) is 147 Å². The molecule has 11 nitrogen and oxygen atoms in total. The third-order valence-corrected chi connectivity index (χ3v) is 22.8. The predicted octanol–water partition coefficient (Wildman–Crippen LogP) is 9.71. The number of fused-ring (bicyclic) bond motifs is 7. The number of hydrogen-bond acceptors (Lipinski definition) is 8. The van der Waals surface area contributed by atoms with Gasteiger partial charge in [0.25, 0.3) is 0 Å². The normalized spacial score (nSPS) is 37.1. The fraction of sp³-hybridized carbons (Fsp3) is 0.745. The van der Waals surface area contributed by atoms with E-state index in [1.165, 1.54) is 24.0 Å². The summed E-state index contributed by atoms with van der Waals surface area (Å²) >= 11 is 0. The molecule has 0 spiro atoms. The van der Waals surface area contributed by atoms with E-state index in [-0.39, 0.29) is 45.8 Å². The first kappa shape index (κ1) is 47.8. The van der Waals surface area contributed by atoms with Crippen LogP contribution in [0.4, 0.5) is 0 Å². The highest BCUT2D eigenvalue weighted by molar-refractivity contribution is 8.24. The SMILES string of the molecule is C=C(C)[C@@H]1CC[C@]2(CN(CCCN3CCS(O)(O)CC3)C(=O)CCC(=O)NS(=O)(=O)C3CC3)CC[C@]3(C)[C@H](CC[C@@H]4[C@@]5(C)CC=C(c6ccc(C(=O)O)cc6)C(C)(C)[C@@H]5CC[C@]43C)[C@@H]12. The molecule has 0 bridgehead atoms. The molecular weight excluding hydrogens is 847 g/mol. The van der Waals surface area contributed by atoms with E-state index in [0.29, 0.717) is 85.7 Å². The number of amides is 2. The molecule has 0 radical (unpaired) electrons. The summed E-state index contributed by atoms with van der Waals surface area (Å²) in [4.78, 5) is 43.3. The number of allylic oxidation sites excluding steroid dienone is 3. The van der Waals surface area contributed by atoms with E-state index >= 15 is 0 Å². The highest BCUT2D eigenvalue weighted by atomic mass is 32.3. The predicted molar refractivity (Wildman–Crippen MR) is 255 cm³/mol. The van der Waals surface area contributed by atoms with Crippen molar-refractivity contribution in [2.24, 2.45) is 56.7 Å². The van der Waals surface area contributed by atoms with Gasteiger partial charge in [-0.3, -0.25) is 23.4 Å². The Morgan fingerprint density at radius 1 is 0.875 bits per heavy atom. The summed E-state index contributed by atoms with van der Waals surface area (Å²) in [5.41, 5.74) is 4.20. The Kier molecular flexibility index (Phi) is 12.8. The van der Waals surface area contributed by atoms with E-state index in [1.54, 1.807) is 12.1 Å². The van der Waals surface area contributed by atoms with Crippen LogP contribution in [0.5, 0.6) is 0 Å². The highest BCUT2D eigenvalue weighted by Gasteiger charge is 2.70. The van der Waals surface area contributed by atoms with Crippen LogP contribution in [0.15, 0.2) is 42.5 Å². The number of carboxylic acid groups (broad SMARTS) is 1. The minimum Gasteiger partial charge on any atom is -0.478 e. The first-order valence-corrected chi connectivity index (χ1v) is 27.9. The minimum absolute atomic E-state index is 0.0396. The molecule has 1 heterocycles. The summed E-state index contributed by atoms with van der Waals surface area (Å²) in [5, 5.41) is 9.06. The zero-order chi connectivity index (χ0) is 46.3. The van der Waals surface area contributed by atoms with Gasteiger partial charge in [-0.05, 0) is 170 Å². The summed E-state index contributed by atoms with van der Waals surface area (Å²) in [6, 6.07) is 7.46. The van der Waals surface area contributed by atoms with Gasteiger partial charge in [0.1, 0.15) is 0 Å². The molecule has 9 atom stereocenters. The number of nitrogens with zero attached hydrogens (tertiary/aromatic N) is 2. The van der Waals surface area contributed by atoms with Crippen molar-refractivity contribution in [3.8, 4) is 0 Å². The Morgan fingerprint density at radius 2 is 1.56 bits per heavy atom. The molecule has 1 saturated heterocycles. The van der Waals surface area contributed by atoms with Crippen molar-refractivity contribution in [2.75, 3.05) is 44.2 Å². The first-order valence-electron chi connectivity index (χ1n) is 24.4. The van der Waals surface area contributed by atoms with Gasteiger partial charge in [-0.25, -0.2) is 13.2 Å². The zero-order valence-corrected chi connectivity index (χ0v) is 41.1. The van der Waals surface area contributed by atoms with Crippen molar-refractivity contribution in [2.45, 2.75) is 137 Å². The van der Waals surface area contributed by atoms with Gasteiger partial charge in [0.15, 0.2) is 0 Å². The maximum Gasteiger partial charge on any atom is 0.335 e. The smallest absolute Gasteiger partial charge is 0.335 e. The average Bonchev–Trinajstić information content (AvgIpc) is 4.02. The van der Waals surface area contributed by atoms with E-state index in [2.05, 4.69) is 63.8 Å². The molecule has 0 unspecified atom stereocenters. The lowest BCUT2D eigenvalue weighted by molar-refractivity contribution is -0.226. The van der Waals surface area contributed by atoms with E-state index in [1.807, 2.05) is 17.0 Å². The van der Waals surface area contributed by atoms with Gasteiger partial charge in [-0.2, -0.15) is 10.6 Å². The number of carbonyl (C=O) groups excluding carboxylic acids is 2. The zero-order valence-electron chi connectivity index (χ0n) is 39.5. The van der Waals surface area contributed by atoms with E-state index < -0.39 is 37.7 Å². The van der Waals surface area contributed by atoms with Crippen LogP contribution in [-0.4, -0.2) is 99.7 Å². The van der Waals surface area contributed by atoms with Crippen LogP contribution in [0.2, 0.25) is 0 Å². The van der Waals surface area contributed by atoms with Gasteiger partial charge in [-0.1, -0.05) is 65.0 Å². The number of carboxylic acids is 1. The molecule has 356 valence electrons. The Balaban J connectivity index is 1.04. The second kappa shape index (κ2) is 17.1. The molecule has 1 aliphatic heterocycles. The molecule has 1 aromatic carbocycles. The molecule has 2 amide bonds. The molecule has 4 N–H and O–H groups in total. The summed E-state index contributed by atoms with van der Waals surface area (Å²) < 4.78 is 47.8. The quantitative estimate of drug-likeness (QED) is 0.133. The number of aromatic carboxylic acids is 1. The van der Waals surface area contributed by atoms with Gasteiger partial charge in [0.05, 0.1) is 22.3 Å². The van der Waals surface area contributed by atoms with Crippen molar-refractivity contribution in [1.82, 2.24) is 14.5 Å². The van der Waals surface area contributed by atoms with Crippen LogP contribution >= 0.6 is 10.6 Å². The van der Waals surface area contributed by atoms with E-state index in [0.717, 1.165) is 63.5 Å². The van der Waals surface area contributed by atoms with Gasteiger partial charge in [-0.15, -0.1) is 0 Å². The van der Waals surface area contributed by atoms with Crippen molar-refractivity contribution in [3.63, 3.8) is 0 Å². The standard InChI is InChI=1S/C51H77N3O8S2/c1-34(2)38-19-24-51(33-54(28-8-27-53-29-31-63(59,60)32-30-53)44(56)18-17-43(55)52-64(61,62)37-13-14-37)26-25-49(6)40(45(38)51)15-16-42-48(5)22-20-39(35-9-11-36(12-10-35)46(57)58)47(3,4)41(48)21-23-50(42,49)7/h9-12,20,37-38,40-42,45,59-60H,1,8,13-19,21-33H2,2-7H3,(H,52,55)(H,57,58)/t38-,40+,41-,42+,45+,48-,49+,50+,51+/m0/s1. The topological polar surface area (TPSA) is 165 Å². The number of rotatable bonds is 14. The molecule has 6 aliphatic carbocycles. The monoisotopic (exact) mass is 924 g/mol. The Labute approximate surface area is 385 Å². The summed E-state index contributed by atoms with van der Waals surface area (Å²) in [6.45, 7) is 22.7. The lowest BCUT2D eigenvalue weighted by atomic mass is 9.32. The fourth-order valence-electron chi connectivity index (χ4n) is 15.6. The third kappa shape index (κ3) is 8.46. The molecule has 0 aromatic heterocycles. The molecule has 8 rings (SSSR count). The average molecular weight is 924 g/mol. The Bertz CT molecular complexity index is 2140. The maximum atomic E-state index is 14.4. The minimum atomic E-state index is -3.70. The second-order valence-corrected chi connectivity index (χ2v) is 27.3. The summed E-state index contributed by atoms with van der Waals surface area (Å²) in [5.74, 6) is 1.40. The van der Waals surface area contributed by atoms with Crippen molar-refractivity contribution in [3.05, 3.63) is 53.6 Å². The van der Waals surface area contributed by atoms with E-state index in [4.69, 9.17) is 0 Å². The third-order valence-electron chi connectivity index (χ3n) is 19.3.